The van der Waals surface area contributed by atoms with E-state index in [1.807, 2.05) is 63.4 Å². The third-order valence-electron chi connectivity index (χ3n) is 11.0. The van der Waals surface area contributed by atoms with Gasteiger partial charge in [0, 0.05) is 42.6 Å². The molecule has 3 N–H and O–H groups in total. The highest BCUT2D eigenvalue weighted by molar-refractivity contribution is 7.98. The van der Waals surface area contributed by atoms with Crippen LogP contribution < -0.4 is 9.47 Å². The average molecular weight is 825 g/mol. The van der Waals surface area contributed by atoms with Gasteiger partial charge in [-0.1, -0.05) is 30.1 Å². The summed E-state index contributed by atoms with van der Waals surface area (Å²) in [5, 5.41) is 34.1. The van der Waals surface area contributed by atoms with Gasteiger partial charge < -0.3 is 43.8 Å². The van der Waals surface area contributed by atoms with Gasteiger partial charge in [-0.2, -0.15) is 0 Å². The van der Waals surface area contributed by atoms with E-state index in [4.69, 9.17) is 33.7 Å². The van der Waals surface area contributed by atoms with E-state index in [0.29, 0.717) is 35.8 Å². The van der Waals surface area contributed by atoms with E-state index >= 15 is 0 Å². The summed E-state index contributed by atoms with van der Waals surface area (Å²) in [4.78, 5) is 23.1. The molecule has 1 aliphatic heterocycles. The van der Waals surface area contributed by atoms with Crippen LogP contribution in [0.4, 0.5) is 4.79 Å². The Hall–Kier alpha value is -3.59. The lowest BCUT2D eigenvalue weighted by Crippen LogP contribution is -2.70. The predicted molar refractivity (Wildman–Crippen MR) is 226 cm³/mol. The maximum atomic E-state index is 14.1. The Labute approximate surface area is 348 Å². The van der Waals surface area contributed by atoms with Gasteiger partial charge in [0.15, 0.2) is 0 Å². The van der Waals surface area contributed by atoms with Gasteiger partial charge in [0.05, 0.1) is 44.7 Å². The summed E-state index contributed by atoms with van der Waals surface area (Å²) in [5.41, 5.74) is 1.98. The van der Waals surface area contributed by atoms with Crippen molar-refractivity contribution in [1.29, 1.82) is 0 Å². The third kappa shape index (κ3) is 11.0. The second-order valence-corrected chi connectivity index (χ2v) is 16.9. The number of ether oxygens (including phenoxy) is 5. The Balaban J connectivity index is 1.77. The number of benzene rings is 2. The number of unbranched alkanes of at least 4 members (excludes halogenated alkanes) is 2. The molecular formula is C45H64N2O10S. The maximum absolute atomic E-state index is 14.1. The summed E-state index contributed by atoms with van der Waals surface area (Å²) in [6.45, 7) is 12.3. The highest BCUT2D eigenvalue weighted by Crippen LogP contribution is 2.62. The monoisotopic (exact) mass is 824 g/mol. The molecule has 5 rings (SSSR count). The Kier molecular flexibility index (Phi) is 16.9. The lowest BCUT2D eigenvalue weighted by Gasteiger charge is -2.59. The first-order valence-electron chi connectivity index (χ1n) is 20.7. The Bertz CT molecular complexity index is 1690. The van der Waals surface area contributed by atoms with Crippen LogP contribution in [0.1, 0.15) is 84.1 Å². The summed E-state index contributed by atoms with van der Waals surface area (Å²) in [6.07, 6.45) is 10.3. The largest absolute Gasteiger partial charge is 0.459 e. The lowest BCUT2D eigenvalue weighted by atomic mass is 9.55. The van der Waals surface area contributed by atoms with E-state index in [-0.39, 0.29) is 77.0 Å². The molecule has 1 saturated carbocycles. The quantitative estimate of drug-likeness (QED) is 0.0458. The van der Waals surface area contributed by atoms with E-state index < -0.39 is 29.4 Å². The van der Waals surface area contributed by atoms with Crippen molar-refractivity contribution in [2.45, 2.75) is 101 Å². The van der Waals surface area contributed by atoms with Crippen molar-refractivity contribution in [3.05, 3.63) is 72.3 Å². The van der Waals surface area contributed by atoms with Crippen LogP contribution in [0.25, 0.3) is 0 Å². The number of carbonyl (C=O) groups excluding carboxylic acids is 1. The molecule has 3 aliphatic rings. The zero-order valence-corrected chi connectivity index (χ0v) is 35.7. The first-order chi connectivity index (χ1) is 28.0. The van der Waals surface area contributed by atoms with E-state index in [1.54, 1.807) is 29.7 Å². The van der Waals surface area contributed by atoms with Gasteiger partial charge in [-0.3, -0.25) is 4.90 Å². The van der Waals surface area contributed by atoms with Crippen LogP contribution in [0.5, 0.6) is 17.2 Å². The van der Waals surface area contributed by atoms with Crippen molar-refractivity contribution in [1.82, 2.24) is 4.90 Å². The number of amides is 1. The molecule has 1 heterocycles. The van der Waals surface area contributed by atoms with Crippen LogP contribution in [0, 0.1) is 17.8 Å². The molecule has 2 aromatic rings. The molecule has 1 fully saturated rings. The number of hydrogen-bond donors (Lipinski definition) is 3. The second-order valence-electron chi connectivity index (χ2n) is 16.0. The van der Waals surface area contributed by atoms with Gasteiger partial charge in [-0.25, -0.2) is 4.79 Å². The standard InChI is InChI=1S/C45H64N2O10S/c1-7-25-54-45-40(47(43(51)53-8-2)21-26-52-27-24-50)30-38(46-57-44(3,4)5)36-28-31(13-9-11-22-48)35(14-10-12-23-49)41(42(36)45)37-29-33(17-20-39(37)56-45)55-32-15-18-34(58-6)19-16-32/h7,15-20,28-29,31,35,40-42,48-50H,1,8-14,21-27,30H2,2-6H3. The van der Waals surface area contributed by atoms with Gasteiger partial charge in [0.2, 0.25) is 5.79 Å². The molecule has 0 saturated heterocycles. The summed E-state index contributed by atoms with van der Waals surface area (Å²) in [5.74, 6) is -0.0179. The number of hydrogen-bond acceptors (Lipinski definition) is 12. The van der Waals surface area contributed by atoms with Crippen LogP contribution in [-0.4, -0.2) is 109 Å². The van der Waals surface area contributed by atoms with Crippen LogP contribution in [0.2, 0.25) is 0 Å². The Morgan fingerprint density at radius 2 is 1.74 bits per heavy atom. The van der Waals surface area contributed by atoms with Crippen molar-refractivity contribution < 1.29 is 48.6 Å². The van der Waals surface area contributed by atoms with Gasteiger partial charge in [-0.05, 0) is 120 Å². The minimum absolute atomic E-state index is 0.0527. The van der Waals surface area contributed by atoms with Crippen LogP contribution in [-0.2, 0) is 19.0 Å². The number of aliphatic hydroxyl groups excluding tert-OH is 3. The van der Waals surface area contributed by atoms with Gasteiger partial charge >= 0.3 is 6.09 Å². The number of thioether (sulfide) groups is 1. The lowest BCUT2D eigenvalue weighted by molar-refractivity contribution is -0.256. The van der Waals surface area contributed by atoms with Crippen molar-refractivity contribution >= 4 is 23.6 Å². The number of aliphatic hydroxyl groups is 3. The van der Waals surface area contributed by atoms with Gasteiger partial charge in [0.1, 0.15) is 28.9 Å². The van der Waals surface area contributed by atoms with Crippen molar-refractivity contribution in [2.75, 3.05) is 59.0 Å². The number of rotatable bonds is 22. The zero-order chi connectivity index (χ0) is 41.7. The molecule has 12 nitrogen and oxygen atoms in total. The average Bonchev–Trinajstić information content (AvgIpc) is 3.21. The number of oxime groups is 1. The molecule has 0 spiro atoms. The van der Waals surface area contributed by atoms with Crippen LogP contribution >= 0.6 is 11.8 Å². The highest BCUT2D eigenvalue weighted by atomic mass is 32.2. The highest BCUT2D eigenvalue weighted by Gasteiger charge is 2.65. The molecule has 13 heteroatoms. The van der Waals surface area contributed by atoms with Gasteiger partial charge in [-0.15, -0.1) is 18.3 Å². The van der Waals surface area contributed by atoms with Gasteiger partial charge in [0.25, 0.3) is 0 Å². The normalized spacial score (nSPS) is 24.2. The molecule has 58 heavy (non-hydrogen) atoms. The number of allylic oxidation sites excluding steroid dienone is 1. The fourth-order valence-corrected chi connectivity index (χ4v) is 9.00. The SMILES string of the molecule is C=CCOC12Oc3ccc(Oc4ccc(SC)cc4)cc3C3C(CCCCO)C(CCCCO)C=C(C(=NOC(C)(C)C)CC1N(CCOCCO)C(=O)OCC)C32. The zero-order valence-electron chi connectivity index (χ0n) is 34.9. The molecule has 2 aliphatic carbocycles. The van der Waals surface area contributed by atoms with Crippen LogP contribution in [0.15, 0.2) is 76.8 Å². The minimum Gasteiger partial charge on any atom is -0.459 e. The van der Waals surface area contributed by atoms with Crippen molar-refractivity contribution in [3.63, 3.8) is 0 Å². The Morgan fingerprint density at radius 1 is 1.02 bits per heavy atom. The molecule has 0 bridgehead atoms. The molecule has 0 radical (unpaired) electrons. The second kappa shape index (κ2) is 21.6. The molecule has 6 atom stereocenters. The van der Waals surface area contributed by atoms with E-state index in [0.717, 1.165) is 41.7 Å². The molecule has 320 valence electrons. The number of fused-ring (bicyclic) bond motifs is 2. The van der Waals surface area contributed by atoms with Crippen molar-refractivity contribution in [2.24, 2.45) is 22.9 Å². The van der Waals surface area contributed by atoms with E-state index in [2.05, 4.69) is 18.7 Å². The molecule has 6 unspecified atom stereocenters. The topological polar surface area (TPSA) is 149 Å². The number of carbonyl (C=O) groups is 1. The fraction of sp³-hybridized carbons (Fsp3) is 0.600. The van der Waals surface area contributed by atoms with E-state index in [1.165, 1.54) is 0 Å². The smallest absolute Gasteiger partial charge is 0.410 e. The third-order valence-corrected chi connectivity index (χ3v) is 11.7. The molecular weight excluding hydrogens is 761 g/mol. The van der Waals surface area contributed by atoms with E-state index in [9.17, 15) is 20.1 Å². The predicted octanol–water partition coefficient (Wildman–Crippen LogP) is 8.10. The maximum Gasteiger partial charge on any atom is 0.410 e. The molecule has 1 amide bonds. The first kappa shape index (κ1) is 45.5. The Morgan fingerprint density at radius 3 is 2.40 bits per heavy atom. The summed E-state index contributed by atoms with van der Waals surface area (Å²) < 4.78 is 32.2. The number of nitrogens with zero attached hydrogens (tertiary/aromatic N) is 2. The molecule has 2 aromatic carbocycles. The fourth-order valence-electron chi connectivity index (χ4n) is 8.59. The molecule has 0 aromatic heterocycles. The van der Waals surface area contributed by atoms with Crippen molar-refractivity contribution in [3.8, 4) is 17.2 Å². The summed E-state index contributed by atoms with van der Waals surface area (Å²) >= 11 is 1.67. The summed E-state index contributed by atoms with van der Waals surface area (Å²) in [6, 6.07) is 13.1. The minimum atomic E-state index is -1.44. The van der Waals surface area contributed by atoms with Crippen LogP contribution in [0.3, 0.4) is 0 Å². The summed E-state index contributed by atoms with van der Waals surface area (Å²) in [7, 11) is 0. The first-order valence-corrected chi connectivity index (χ1v) is 22.0.